The van der Waals surface area contributed by atoms with Crippen molar-refractivity contribution in [3.8, 4) is 0 Å². The molecule has 24 heavy (non-hydrogen) atoms. The van der Waals surface area contributed by atoms with Gasteiger partial charge in [0, 0.05) is 17.1 Å². The number of nitrogens with two attached hydrogens (primary N) is 1. The van der Waals surface area contributed by atoms with Gasteiger partial charge in [0.2, 0.25) is 10.0 Å². The van der Waals surface area contributed by atoms with Crippen molar-refractivity contribution in [2.24, 2.45) is 5.14 Å². The number of hydrogen-bond donors (Lipinski definition) is 1. The van der Waals surface area contributed by atoms with E-state index in [1.807, 2.05) is 6.92 Å². The fourth-order valence-corrected chi connectivity index (χ4v) is 7.68. The van der Waals surface area contributed by atoms with Gasteiger partial charge in [-0.3, -0.25) is 4.90 Å². The molecule has 0 fully saturated rings. The van der Waals surface area contributed by atoms with E-state index in [-0.39, 0.29) is 20.0 Å². The van der Waals surface area contributed by atoms with Crippen molar-refractivity contribution in [2.45, 2.75) is 72.7 Å². The molecular formula is C15H26N2O4S3. The Kier molecular flexibility index (Phi) is 5.25. The topological polar surface area (TPSA) is 97.5 Å². The zero-order valence-corrected chi connectivity index (χ0v) is 17.2. The van der Waals surface area contributed by atoms with Crippen molar-refractivity contribution in [1.29, 1.82) is 0 Å². The van der Waals surface area contributed by atoms with E-state index in [4.69, 9.17) is 5.14 Å². The predicted molar refractivity (Wildman–Crippen MR) is 96.4 cm³/mol. The normalized spacial score (nSPS) is 24.1. The molecule has 1 aromatic heterocycles. The average molecular weight is 395 g/mol. The van der Waals surface area contributed by atoms with E-state index in [1.165, 1.54) is 6.07 Å². The molecule has 2 heterocycles. The zero-order valence-electron chi connectivity index (χ0n) is 14.7. The van der Waals surface area contributed by atoms with E-state index in [0.29, 0.717) is 12.0 Å². The molecule has 0 amide bonds. The summed E-state index contributed by atoms with van der Waals surface area (Å²) >= 11 is 0.775. The van der Waals surface area contributed by atoms with E-state index in [0.717, 1.165) is 24.3 Å². The molecule has 0 aliphatic carbocycles. The minimum Gasteiger partial charge on any atom is -0.291 e. The Morgan fingerprint density at radius 2 is 1.96 bits per heavy atom. The minimum atomic E-state index is -3.93. The van der Waals surface area contributed by atoms with Crippen molar-refractivity contribution >= 4 is 31.2 Å². The highest BCUT2D eigenvalue weighted by molar-refractivity contribution is 7.95. The van der Waals surface area contributed by atoms with Crippen LogP contribution in [-0.4, -0.2) is 39.1 Å². The number of nitrogens with zero attached hydrogens (tertiary/aromatic N) is 1. The van der Waals surface area contributed by atoms with Gasteiger partial charge in [-0.25, -0.2) is 22.0 Å². The van der Waals surface area contributed by atoms with Gasteiger partial charge in [0.15, 0.2) is 9.84 Å². The second-order valence-electron chi connectivity index (χ2n) is 6.91. The Balaban J connectivity index is 2.69. The summed E-state index contributed by atoms with van der Waals surface area (Å²) in [4.78, 5) is 2.26. The molecule has 0 radical (unpaired) electrons. The summed E-state index contributed by atoms with van der Waals surface area (Å²) in [5, 5.41) is 4.68. The predicted octanol–water partition coefficient (Wildman–Crippen LogP) is 2.51. The number of thiophene rings is 1. The van der Waals surface area contributed by atoms with Crippen LogP contribution >= 0.6 is 11.3 Å². The molecule has 2 N–H and O–H groups in total. The lowest BCUT2D eigenvalue weighted by Gasteiger charge is -2.45. The Labute approximate surface area is 149 Å². The van der Waals surface area contributed by atoms with Crippen LogP contribution in [0.3, 0.4) is 0 Å². The van der Waals surface area contributed by atoms with Crippen LogP contribution < -0.4 is 5.14 Å². The lowest BCUT2D eigenvalue weighted by atomic mass is 9.92. The van der Waals surface area contributed by atoms with Crippen LogP contribution in [0, 0.1) is 0 Å². The first-order valence-corrected chi connectivity index (χ1v) is 11.9. The van der Waals surface area contributed by atoms with E-state index >= 15 is 0 Å². The molecule has 0 saturated carbocycles. The summed E-state index contributed by atoms with van der Waals surface area (Å²) in [7, 11) is -7.44. The quantitative estimate of drug-likeness (QED) is 0.827. The average Bonchev–Trinajstić information content (AvgIpc) is 2.91. The number of hydrogen-bond acceptors (Lipinski definition) is 6. The van der Waals surface area contributed by atoms with Crippen LogP contribution in [0.1, 0.15) is 59.1 Å². The third-order valence-electron chi connectivity index (χ3n) is 5.04. The molecule has 9 heteroatoms. The van der Waals surface area contributed by atoms with Crippen molar-refractivity contribution in [3.05, 3.63) is 11.6 Å². The van der Waals surface area contributed by atoms with Crippen molar-refractivity contribution in [3.63, 3.8) is 0 Å². The van der Waals surface area contributed by atoms with Crippen molar-refractivity contribution in [2.75, 3.05) is 6.54 Å². The van der Waals surface area contributed by atoms with Gasteiger partial charge >= 0.3 is 0 Å². The third-order valence-corrected chi connectivity index (χ3v) is 10.4. The van der Waals surface area contributed by atoms with Crippen LogP contribution in [0.5, 0.6) is 0 Å². The van der Waals surface area contributed by atoms with Crippen molar-refractivity contribution < 1.29 is 16.8 Å². The van der Waals surface area contributed by atoms with Gasteiger partial charge in [-0.15, -0.1) is 11.3 Å². The van der Waals surface area contributed by atoms with Gasteiger partial charge in [-0.1, -0.05) is 13.8 Å². The largest absolute Gasteiger partial charge is 0.291 e. The van der Waals surface area contributed by atoms with Crippen LogP contribution in [0.2, 0.25) is 0 Å². The van der Waals surface area contributed by atoms with E-state index in [9.17, 15) is 16.8 Å². The first-order chi connectivity index (χ1) is 10.9. The molecule has 2 rings (SSSR count). The highest BCUT2D eigenvalue weighted by atomic mass is 32.3. The van der Waals surface area contributed by atoms with Crippen LogP contribution in [0.25, 0.3) is 0 Å². The van der Waals surface area contributed by atoms with Gasteiger partial charge < -0.3 is 0 Å². The maximum atomic E-state index is 12.7. The van der Waals surface area contributed by atoms with E-state index < -0.39 is 25.1 Å². The number of sulfonamides is 1. The second-order valence-corrected chi connectivity index (χ2v) is 12.3. The van der Waals surface area contributed by atoms with Gasteiger partial charge in [-0.2, -0.15) is 0 Å². The second kappa shape index (κ2) is 6.35. The highest BCUT2D eigenvalue weighted by Crippen LogP contribution is 2.46. The lowest BCUT2D eigenvalue weighted by molar-refractivity contribution is 0.0632. The summed E-state index contributed by atoms with van der Waals surface area (Å²) in [6.45, 7) is 10.8. The highest BCUT2D eigenvalue weighted by Gasteiger charge is 2.43. The summed E-state index contributed by atoms with van der Waals surface area (Å²) in [5.41, 5.74) is 0.451. The molecule has 6 nitrogen and oxygen atoms in total. The SMILES string of the molecule is CCN([C@H]1C[C@H](C)S(=O)(=O)c2sc(S(N)(=O)=O)cc21)C(C)(C)CC. The number of sulfone groups is 1. The Morgan fingerprint density at radius 3 is 2.42 bits per heavy atom. The molecule has 1 aliphatic rings. The summed E-state index contributed by atoms with van der Waals surface area (Å²) < 4.78 is 48.9. The van der Waals surface area contributed by atoms with Gasteiger partial charge in [-0.05, 0) is 46.2 Å². The van der Waals surface area contributed by atoms with Crippen LogP contribution in [0.4, 0.5) is 0 Å². The molecule has 1 aliphatic heterocycles. The number of fused-ring (bicyclic) bond motifs is 1. The molecule has 138 valence electrons. The Hall–Kier alpha value is -0.480. The molecule has 0 bridgehead atoms. The molecule has 0 unspecified atom stereocenters. The molecule has 0 saturated heterocycles. The van der Waals surface area contributed by atoms with E-state index in [1.54, 1.807) is 6.92 Å². The first-order valence-electron chi connectivity index (χ1n) is 8.03. The Bertz CT molecular complexity index is 825. The summed E-state index contributed by atoms with van der Waals surface area (Å²) in [5.74, 6) is 0. The standard InChI is InChI=1S/C15H26N2O4S3/c1-6-15(4,5)17(7-2)12-8-10(3)23(18,19)14-11(12)9-13(22-14)24(16,20)21/h9-10,12H,6-8H2,1-5H3,(H2,16,20,21)/t10-,12-/m0/s1. The van der Waals surface area contributed by atoms with Crippen LogP contribution in [0.15, 0.2) is 14.5 Å². The lowest BCUT2D eigenvalue weighted by Crippen LogP contribution is -2.48. The molecule has 0 spiro atoms. The molecular weight excluding hydrogens is 368 g/mol. The molecule has 2 atom stereocenters. The van der Waals surface area contributed by atoms with Crippen molar-refractivity contribution in [1.82, 2.24) is 4.90 Å². The number of rotatable bonds is 5. The molecule has 0 aromatic carbocycles. The Morgan fingerprint density at radius 1 is 1.38 bits per heavy atom. The van der Waals surface area contributed by atoms with E-state index in [2.05, 4.69) is 25.7 Å². The minimum absolute atomic E-state index is 0.0828. The summed E-state index contributed by atoms with van der Waals surface area (Å²) in [6, 6.07) is 1.32. The van der Waals surface area contributed by atoms with Crippen LogP contribution in [-0.2, 0) is 19.9 Å². The first kappa shape index (κ1) is 19.8. The van der Waals surface area contributed by atoms with Gasteiger partial charge in [0.1, 0.15) is 8.42 Å². The van der Waals surface area contributed by atoms with Gasteiger partial charge in [0.25, 0.3) is 0 Å². The maximum absolute atomic E-state index is 12.7. The third kappa shape index (κ3) is 3.29. The van der Waals surface area contributed by atoms with Gasteiger partial charge in [0.05, 0.1) is 5.25 Å². The fourth-order valence-electron chi connectivity index (χ4n) is 3.28. The summed E-state index contributed by atoms with van der Waals surface area (Å²) in [6.07, 6.45) is 1.35. The number of primary sulfonamides is 1. The fraction of sp³-hybridized carbons (Fsp3) is 0.733. The monoisotopic (exact) mass is 394 g/mol. The zero-order chi connectivity index (χ0) is 18.5. The maximum Gasteiger partial charge on any atom is 0.247 e. The smallest absolute Gasteiger partial charge is 0.247 e. The molecule has 1 aromatic rings.